The minimum Gasteiger partial charge on any atom is -0.397 e. The zero-order chi connectivity index (χ0) is 18.6. The third-order valence-electron chi connectivity index (χ3n) is 4.37. The number of carbonyl (C=O) groups is 1. The number of amides is 1. The molecule has 1 fully saturated rings. The Balaban J connectivity index is 1.52. The van der Waals surface area contributed by atoms with Gasteiger partial charge in [0.05, 0.1) is 23.3 Å². The molecule has 1 amide bonds. The lowest BCUT2D eigenvalue weighted by Crippen LogP contribution is -2.43. The minimum atomic E-state index is -0.209. The summed E-state index contributed by atoms with van der Waals surface area (Å²) in [5.74, 6) is -0.209. The number of thiazole rings is 1. The zero-order valence-electron chi connectivity index (χ0n) is 14.7. The van der Waals surface area contributed by atoms with Gasteiger partial charge in [-0.05, 0) is 24.3 Å². The van der Waals surface area contributed by atoms with Crippen LogP contribution < -0.4 is 21.3 Å². The number of hydrogen-bond acceptors (Lipinski definition) is 7. The van der Waals surface area contributed by atoms with E-state index in [1.165, 1.54) is 11.3 Å². The van der Waals surface area contributed by atoms with E-state index in [4.69, 9.17) is 5.73 Å². The molecule has 1 aliphatic heterocycles. The van der Waals surface area contributed by atoms with Crippen LogP contribution >= 0.6 is 11.3 Å². The van der Waals surface area contributed by atoms with Crippen LogP contribution in [0.1, 0.15) is 9.67 Å². The standard InChI is InChI=1S/C19H20N6OS/c20-14-5-4-13(15-3-1-2-6-22-15)11-16(14)24-18(26)17-12-23-19(27-17)25-9-7-21-8-10-25/h1-6,11-12,21H,7-10,20H2,(H,24,26). The van der Waals surface area contributed by atoms with E-state index in [1.54, 1.807) is 18.5 Å². The SMILES string of the molecule is Nc1ccc(-c2ccccn2)cc1NC(=O)c1cnc(N2CCNCC2)s1. The number of benzene rings is 1. The Kier molecular flexibility index (Phi) is 4.99. The molecular formula is C19H20N6OS. The van der Waals surface area contributed by atoms with Gasteiger partial charge in [0, 0.05) is 37.9 Å². The van der Waals surface area contributed by atoms with Crippen LogP contribution in [0.4, 0.5) is 16.5 Å². The summed E-state index contributed by atoms with van der Waals surface area (Å²) in [6, 6.07) is 11.2. The van der Waals surface area contributed by atoms with Crippen molar-refractivity contribution in [3.8, 4) is 11.3 Å². The van der Waals surface area contributed by atoms with Gasteiger partial charge in [-0.3, -0.25) is 9.78 Å². The number of hydrogen-bond donors (Lipinski definition) is 3. The molecule has 3 aromatic rings. The molecule has 3 heterocycles. The zero-order valence-corrected chi connectivity index (χ0v) is 15.5. The molecule has 8 heteroatoms. The molecule has 0 bridgehead atoms. The molecule has 0 spiro atoms. The van der Waals surface area contributed by atoms with E-state index in [0.717, 1.165) is 42.6 Å². The van der Waals surface area contributed by atoms with Gasteiger partial charge in [0.1, 0.15) is 4.88 Å². The van der Waals surface area contributed by atoms with Crippen LogP contribution in [0.3, 0.4) is 0 Å². The Morgan fingerprint density at radius 3 is 2.81 bits per heavy atom. The van der Waals surface area contributed by atoms with Crippen LogP contribution in [-0.4, -0.2) is 42.1 Å². The summed E-state index contributed by atoms with van der Waals surface area (Å²) in [6.45, 7) is 3.65. The summed E-state index contributed by atoms with van der Waals surface area (Å²) in [6.07, 6.45) is 3.36. The third-order valence-corrected chi connectivity index (χ3v) is 5.42. The first kappa shape index (κ1) is 17.4. The quantitative estimate of drug-likeness (QED) is 0.602. The molecule has 0 saturated carbocycles. The molecule has 1 aromatic carbocycles. The number of pyridine rings is 1. The van der Waals surface area contributed by atoms with Crippen LogP contribution in [0, 0.1) is 0 Å². The van der Waals surface area contributed by atoms with Crippen molar-refractivity contribution in [3.63, 3.8) is 0 Å². The molecule has 2 aromatic heterocycles. The maximum atomic E-state index is 12.7. The molecule has 138 valence electrons. The summed E-state index contributed by atoms with van der Waals surface area (Å²) < 4.78 is 0. The predicted molar refractivity (Wildman–Crippen MR) is 109 cm³/mol. The number of nitrogens with one attached hydrogen (secondary N) is 2. The number of anilines is 3. The summed E-state index contributed by atoms with van der Waals surface area (Å²) >= 11 is 1.40. The van der Waals surface area contributed by atoms with Crippen molar-refractivity contribution in [2.75, 3.05) is 42.1 Å². The lowest BCUT2D eigenvalue weighted by molar-refractivity contribution is 0.103. The van der Waals surface area contributed by atoms with Crippen molar-refractivity contribution >= 4 is 33.8 Å². The first-order valence-electron chi connectivity index (χ1n) is 8.74. The van der Waals surface area contributed by atoms with Crippen molar-refractivity contribution in [1.29, 1.82) is 0 Å². The lowest BCUT2D eigenvalue weighted by Gasteiger charge is -2.26. The smallest absolute Gasteiger partial charge is 0.267 e. The number of nitrogens with two attached hydrogens (primary N) is 1. The van der Waals surface area contributed by atoms with Crippen molar-refractivity contribution < 1.29 is 4.79 Å². The highest BCUT2D eigenvalue weighted by Gasteiger charge is 2.17. The normalized spacial score (nSPS) is 14.1. The number of rotatable bonds is 4. The topological polar surface area (TPSA) is 96.2 Å². The molecule has 7 nitrogen and oxygen atoms in total. The molecular weight excluding hydrogens is 360 g/mol. The highest BCUT2D eigenvalue weighted by atomic mass is 32.1. The first-order valence-corrected chi connectivity index (χ1v) is 9.56. The van der Waals surface area contributed by atoms with Crippen molar-refractivity contribution in [1.82, 2.24) is 15.3 Å². The van der Waals surface area contributed by atoms with Gasteiger partial charge in [-0.2, -0.15) is 0 Å². The number of piperazine rings is 1. The van der Waals surface area contributed by atoms with Gasteiger partial charge in [0.2, 0.25) is 0 Å². The van der Waals surface area contributed by atoms with E-state index in [1.807, 2.05) is 30.3 Å². The lowest BCUT2D eigenvalue weighted by atomic mass is 10.1. The van der Waals surface area contributed by atoms with E-state index in [2.05, 4.69) is 25.5 Å². The summed E-state index contributed by atoms with van der Waals surface area (Å²) in [5, 5.41) is 7.08. The monoisotopic (exact) mass is 380 g/mol. The van der Waals surface area contributed by atoms with E-state index >= 15 is 0 Å². The highest BCUT2D eigenvalue weighted by molar-refractivity contribution is 7.17. The van der Waals surface area contributed by atoms with Gasteiger partial charge in [0.25, 0.3) is 5.91 Å². The van der Waals surface area contributed by atoms with Crippen molar-refractivity contribution in [2.45, 2.75) is 0 Å². The molecule has 4 N–H and O–H groups in total. The minimum absolute atomic E-state index is 0.209. The van der Waals surface area contributed by atoms with Crippen LogP contribution in [0.5, 0.6) is 0 Å². The average molecular weight is 380 g/mol. The Hall–Kier alpha value is -2.97. The second kappa shape index (κ2) is 7.73. The summed E-state index contributed by atoms with van der Waals surface area (Å²) in [7, 11) is 0. The molecule has 0 aliphatic carbocycles. The van der Waals surface area contributed by atoms with Gasteiger partial charge < -0.3 is 21.3 Å². The second-order valence-corrected chi connectivity index (χ2v) is 7.22. The summed E-state index contributed by atoms with van der Waals surface area (Å²) in [5.41, 5.74) is 8.85. The summed E-state index contributed by atoms with van der Waals surface area (Å²) in [4.78, 5) is 24.2. The Labute approximate surface area is 161 Å². The Morgan fingerprint density at radius 1 is 1.19 bits per heavy atom. The molecule has 27 heavy (non-hydrogen) atoms. The largest absolute Gasteiger partial charge is 0.397 e. The maximum absolute atomic E-state index is 12.7. The molecule has 0 atom stereocenters. The number of nitrogens with zero attached hydrogens (tertiary/aromatic N) is 3. The van der Waals surface area contributed by atoms with Gasteiger partial charge in [0.15, 0.2) is 5.13 Å². The Morgan fingerprint density at radius 2 is 2.04 bits per heavy atom. The van der Waals surface area contributed by atoms with Crippen LogP contribution in [0.2, 0.25) is 0 Å². The van der Waals surface area contributed by atoms with Gasteiger partial charge >= 0.3 is 0 Å². The van der Waals surface area contributed by atoms with E-state index in [9.17, 15) is 4.79 Å². The fourth-order valence-corrected chi connectivity index (χ4v) is 3.78. The molecule has 0 radical (unpaired) electrons. The van der Waals surface area contributed by atoms with Crippen LogP contribution in [0.25, 0.3) is 11.3 Å². The maximum Gasteiger partial charge on any atom is 0.267 e. The van der Waals surface area contributed by atoms with E-state index in [0.29, 0.717) is 16.3 Å². The predicted octanol–water partition coefficient (Wildman–Crippen LogP) is 2.45. The second-order valence-electron chi connectivity index (χ2n) is 6.22. The first-order chi connectivity index (χ1) is 13.2. The number of aromatic nitrogens is 2. The van der Waals surface area contributed by atoms with Gasteiger partial charge in [-0.25, -0.2) is 4.98 Å². The van der Waals surface area contributed by atoms with Crippen molar-refractivity contribution in [3.05, 3.63) is 53.7 Å². The molecule has 4 rings (SSSR count). The fraction of sp³-hybridized carbons (Fsp3) is 0.211. The number of nitrogen functional groups attached to an aromatic ring is 1. The van der Waals surface area contributed by atoms with Gasteiger partial charge in [-0.1, -0.05) is 23.5 Å². The van der Waals surface area contributed by atoms with E-state index in [-0.39, 0.29) is 5.91 Å². The number of carbonyl (C=O) groups excluding carboxylic acids is 1. The molecule has 0 unspecified atom stereocenters. The third kappa shape index (κ3) is 3.91. The molecule has 1 saturated heterocycles. The van der Waals surface area contributed by atoms with E-state index < -0.39 is 0 Å². The highest BCUT2D eigenvalue weighted by Crippen LogP contribution is 2.28. The fourth-order valence-electron chi connectivity index (χ4n) is 2.91. The van der Waals surface area contributed by atoms with Gasteiger partial charge in [-0.15, -0.1) is 0 Å². The molecule has 1 aliphatic rings. The van der Waals surface area contributed by atoms with Crippen LogP contribution in [-0.2, 0) is 0 Å². The average Bonchev–Trinajstić information content (AvgIpc) is 3.21. The Bertz CT molecular complexity index is 936. The van der Waals surface area contributed by atoms with Crippen molar-refractivity contribution in [2.24, 2.45) is 0 Å². The van der Waals surface area contributed by atoms with Crippen LogP contribution in [0.15, 0.2) is 48.8 Å².